The summed E-state index contributed by atoms with van der Waals surface area (Å²) in [6, 6.07) is 0. The van der Waals surface area contributed by atoms with Crippen LogP contribution in [0.1, 0.15) is 56.7 Å². The third kappa shape index (κ3) is 4.06. The summed E-state index contributed by atoms with van der Waals surface area (Å²) in [4.78, 5) is 4.59. The Bertz CT molecular complexity index is 340. The van der Waals surface area contributed by atoms with Crippen molar-refractivity contribution in [2.75, 3.05) is 6.54 Å². The minimum absolute atomic E-state index is 0.900. The summed E-state index contributed by atoms with van der Waals surface area (Å²) >= 11 is 1.79. The third-order valence-corrected chi connectivity index (χ3v) is 5.23. The standard InChI is InChI=1S/C15H26N2S/c1-3-12-5-7-13(8-6-12)9-16-10-14-11-18-15(4-2)17-14/h11-13,16H,3-10H2,1-2H3. The predicted octanol–water partition coefficient (Wildman–Crippen LogP) is 4.01. The van der Waals surface area contributed by atoms with Crippen LogP contribution in [0.2, 0.25) is 0 Å². The summed E-state index contributed by atoms with van der Waals surface area (Å²) in [5.41, 5.74) is 1.22. The maximum Gasteiger partial charge on any atom is 0.0926 e. The second-order valence-corrected chi connectivity index (χ2v) is 6.45. The lowest BCUT2D eigenvalue weighted by Crippen LogP contribution is -2.26. The van der Waals surface area contributed by atoms with Gasteiger partial charge in [0.2, 0.25) is 0 Å². The summed E-state index contributed by atoms with van der Waals surface area (Å²) in [5, 5.41) is 7.04. The van der Waals surface area contributed by atoms with Gasteiger partial charge in [-0.1, -0.05) is 33.1 Å². The van der Waals surface area contributed by atoms with E-state index in [9.17, 15) is 0 Å². The van der Waals surface area contributed by atoms with Gasteiger partial charge in [0.05, 0.1) is 10.7 Å². The first kappa shape index (κ1) is 14.0. The van der Waals surface area contributed by atoms with Crippen LogP contribution < -0.4 is 5.32 Å². The van der Waals surface area contributed by atoms with Crippen molar-refractivity contribution in [1.82, 2.24) is 10.3 Å². The van der Waals surface area contributed by atoms with Gasteiger partial charge in [0.15, 0.2) is 0 Å². The van der Waals surface area contributed by atoms with Gasteiger partial charge >= 0.3 is 0 Å². The molecule has 1 aromatic heterocycles. The number of thiazole rings is 1. The monoisotopic (exact) mass is 266 g/mol. The third-order valence-electron chi connectivity index (χ3n) is 4.18. The van der Waals surface area contributed by atoms with Crippen molar-refractivity contribution >= 4 is 11.3 Å². The summed E-state index contributed by atoms with van der Waals surface area (Å²) in [6.07, 6.45) is 8.16. The first-order valence-electron chi connectivity index (χ1n) is 7.45. The Labute approximate surface area is 115 Å². The van der Waals surface area contributed by atoms with Crippen LogP contribution in [-0.2, 0) is 13.0 Å². The van der Waals surface area contributed by atoms with E-state index in [0.29, 0.717) is 0 Å². The molecule has 2 nitrogen and oxygen atoms in total. The number of hydrogen-bond donors (Lipinski definition) is 1. The van der Waals surface area contributed by atoms with E-state index >= 15 is 0 Å². The van der Waals surface area contributed by atoms with E-state index in [1.165, 1.54) is 49.4 Å². The molecule has 0 radical (unpaired) electrons. The van der Waals surface area contributed by atoms with E-state index in [1.54, 1.807) is 11.3 Å². The Kier molecular flexibility index (Phi) is 5.64. The van der Waals surface area contributed by atoms with Crippen LogP contribution in [0.5, 0.6) is 0 Å². The zero-order valence-corrected chi connectivity index (χ0v) is 12.6. The molecule has 1 saturated carbocycles. The minimum Gasteiger partial charge on any atom is -0.311 e. The Morgan fingerprint density at radius 2 is 1.94 bits per heavy atom. The predicted molar refractivity (Wildman–Crippen MR) is 78.9 cm³/mol. The van der Waals surface area contributed by atoms with E-state index in [-0.39, 0.29) is 0 Å². The molecule has 1 N–H and O–H groups in total. The molecule has 0 aliphatic heterocycles. The number of nitrogens with one attached hydrogen (secondary N) is 1. The largest absolute Gasteiger partial charge is 0.311 e. The lowest BCUT2D eigenvalue weighted by molar-refractivity contribution is 0.262. The van der Waals surface area contributed by atoms with Crippen LogP contribution in [-0.4, -0.2) is 11.5 Å². The van der Waals surface area contributed by atoms with E-state index in [1.807, 2.05) is 0 Å². The van der Waals surface area contributed by atoms with E-state index < -0.39 is 0 Å². The molecule has 0 amide bonds. The quantitative estimate of drug-likeness (QED) is 0.841. The van der Waals surface area contributed by atoms with Gasteiger partial charge in [0.1, 0.15) is 0 Å². The normalized spacial score (nSPS) is 24.3. The summed E-state index contributed by atoms with van der Waals surface area (Å²) < 4.78 is 0. The first-order valence-corrected chi connectivity index (χ1v) is 8.33. The molecule has 0 atom stereocenters. The molecule has 1 fully saturated rings. The smallest absolute Gasteiger partial charge is 0.0926 e. The molecule has 18 heavy (non-hydrogen) atoms. The Morgan fingerprint density at radius 3 is 2.56 bits per heavy atom. The van der Waals surface area contributed by atoms with Gasteiger partial charge in [-0.25, -0.2) is 4.98 Å². The number of rotatable bonds is 6. The molecule has 0 bridgehead atoms. The highest BCUT2D eigenvalue weighted by atomic mass is 32.1. The van der Waals surface area contributed by atoms with E-state index in [2.05, 4.69) is 29.5 Å². The van der Waals surface area contributed by atoms with E-state index in [0.717, 1.165) is 24.8 Å². The highest BCUT2D eigenvalue weighted by Crippen LogP contribution is 2.30. The Balaban J connectivity index is 1.63. The van der Waals surface area contributed by atoms with Gasteiger partial charge in [0, 0.05) is 11.9 Å². The molecule has 3 heteroatoms. The second-order valence-electron chi connectivity index (χ2n) is 5.51. The van der Waals surface area contributed by atoms with Crippen LogP contribution in [0.15, 0.2) is 5.38 Å². The van der Waals surface area contributed by atoms with Crippen molar-refractivity contribution < 1.29 is 0 Å². The van der Waals surface area contributed by atoms with Gasteiger partial charge in [0.25, 0.3) is 0 Å². The van der Waals surface area contributed by atoms with Crippen LogP contribution in [0.3, 0.4) is 0 Å². The fourth-order valence-electron chi connectivity index (χ4n) is 2.84. The van der Waals surface area contributed by atoms with Crippen molar-refractivity contribution in [3.63, 3.8) is 0 Å². The molecular formula is C15H26N2S. The summed E-state index contributed by atoms with van der Waals surface area (Å²) in [7, 11) is 0. The van der Waals surface area contributed by atoms with Crippen LogP contribution >= 0.6 is 11.3 Å². The van der Waals surface area contributed by atoms with Crippen LogP contribution in [0.25, 0.3) is 0 Å². The van der Waals surface area contributed by atoms with Crippen molar-refractivity contribution in [2.45, 2.75) is 58.9 Å². The van der Waals surface area contributed by atoms with Gasteiger partial charge in [-0.15, -0.1) is 11.3 Å². The number of nitrogens with zero attached hydrogens (tertiary/aromatic N) is 1. The molecule has 0 unspecified atom stereocenters. The minimum atomic E-state index is 0.900. The average Bonchev–Trinajstić information content (AvgIpc) is 2.87. The topological polar surface area (TPSA) is 24.9 Å². The molecule has 0 saturated heterocycles. The lowest BCUT2D eigenvalue weighted by Gasteiger charge is -2.27. The van der Waals surface area contributed by atoms with Crippen molar-refractivity contribution in [2.24, 2.45) is 11.8 Å². The van der Waals surface area contributed by atoms with Gasteiger partial charge in [-0.2, -0.15) is 0 Å². The Hall–Kier alpha value is -0.410. The van der Waals surface area contributed by atoms with Crippen molar-refractivity contribution in [1.29, 1.82) is 0 Å². The number of aryl methyl sites for hydroxylation is 1. The average molecular weight is 266 g/mol. The molecule has 1 aliphatic rings. The fraction of sp³-hybridized carbons (Fsp3) is 0.800. The summed E-state index contributed by atoms with van der Waals surface area (Å²) in [6.45, 7) is 6.62. The molecule has 1 aromatic rings. The summed E-state index contributed by atoms with van der Waals surface area (Å²) in [5.74, 6) is 1.91. The molecule has 1 heterocycles. The van der Waals surface area contributed by atoms with Crippen molar-refractivity contribution in [3.8, 4) is 0 Å². The molecular weight excluding hydrogens is 240 g/mol. The first-order chi connectivity index (χ1) is 8.81. The molecule has 1 aliphatic carbocycles. The van der Waals surface area contributed by atoms with Gasteiger partial charge < -0.3 is 5.32 Å². The highest BCUT2D eigenvalue weighted by Gasteiger charge is 2.19. The maximum absolute atomic E-state index is 4.59. The SMILES string of the molecule is CCc1nc(CNCC2CCC(CC)CC2)cs1. The molecule has 0 spiro atoms. The highest BCUT2D eigenvalue weighted by molar-refractivity contribution is 7.09. The van der Waals surface area contributed by atoms with Crippen LogP contribution in [0.4, 0.5) is 0 Å². The lowest BCUT2D eigenvalue weighted by atomic mass is 9.81. The second kappa shape index (κ2) is 7.25. The maximum atomic E-state index is 4.59. The number of aromatic nitrogens is 1. The van der Waals surface area contributed by atoms with Crippen LogP contribution in [0, 0.1) is 11.8 Å². The zero-order valence-electron chi connectivity index (χ0n) is 11.7. The zero-order chi connectivity index (χ0) is 12.8. The Morgan fingerprint density at radius 1 is 1.22 bits per heavy atom. The fourth-order valence-corrected chi connectivity index (χ4v) is 3.59. The molecule has 2 rings (SSSR count). The van der Waals surface area contributed by atoms with Gasteiger partial charge in [-0.3, -0.25) is 0 Å². The number of hydrogen-bond acceptors (Lipinski definition) is 3. The van der Waals surface area contributed by atoms with Crippen molar-refractivity contribution in [3.05, 3.63) is 16.1 Å². The molecule has 0 aromatic carbocycles. The molecule has 102 valence electrons. The van der Waals surface area contributed by atoms with Gasteiger partial charge in [-0.05, 0) is 37.6 Å². The van der Waals surface area contributed by atoms with E-state index in [4.69, 9.17) is 0 Å².